The van der Waals surface area contributed by atoms with Gasteiger partial charge < -0.3 is 10.8 Å². The zero-order valence-electron chi connectivity index (χ0n) is 7.08. The van der Waals surface area contributed by atoms with Gasteiger partial charge in [-0.1, -0.05) is 0 Å². The highest BCUT2D eigenvalue weighted by Crippen LogP contribution is 2.05. The summed E-state index contributed by atoms with van der Waals surface area (Å²) in [4.78, 5) is 13.7. The summed E-state index contributed by atoms with van der Waals surface area (Å²) < 4.78 is 0. The number of carbonyl (C=O) groups excluding carboxylic acids is 1. The average Bonchev–Trinajstić information content (AvgIpc) is 2.15. The normalized spacial score (nSPS) is 9.62. The average molecular weight is 182 g/mol. The van der Waals surface area contributed by atoms with Crippen molar-refractivity contribution in [2.45, 2.75) is 0 Å². The lowest BCUT2D eigenvalue weighted by Gasteiger charge is -1.99. The second-order valence-electron chi connectivity index (χ2n) is 2.47. The second kappa shape index (κ2) is 4.42. The van der Waals surface area contributed by atoms with Crippen molar-refractivity contribution in [1.82, 2.24) is 0 Å². The molecule has 0 fully saturated rings. The summed E-state index contributed by atoms with van der Waals surface area (Å²) in [5.41, 5.74) is 5.51. The Kier molecular flexibility index (Phi) is 3.22. The number of hydrogen-bond acceptors (Lipinski definition) is 3. The van der Waals surface area contributed by atoms with E-state index < -0.39 is 5.91 Å². The van der Waals surface area contributed by atoms with Gasteiger partial charge in [-0.2, -0.15) is 0 Å². The van der Waals surface area contributed by atoms with Crippen molar-refractivity contribution in [3.8, 4) is 0 Å². The van der Waals surface area contributed by atoms with Crippen molar-refractivity contribution in [2.24, 2.45) is 5.73 Å². The van der Waals surface area contributed by atoms with E-state index in [-0.39, 0.29) is 6.61 Å². The molecule has 1 rings (SSSR count). The molecule has 5 N–H and O–H groups in total. The predicted molar refractivity (Wildman–Crippen MR) is 47.1 cm³/mol. The molecular weight excluding hydrogens is 170 g/mol. The van der Waals surface area contributed by atoms with Gasteiger partial charge in [-0.3, -0.25) is 10.1 Å². The third kappa shape index (κ3) is 2.41. The number of aliphatic hydroxyl groups excluding tert-OH is 1. The highest BCUT2D eigenvalue weighted by molar-refractivity contribution is 5.96. The highest BCUT2D eigenvalue weighted by atomic mass is 16.3. The van der Waals surface area contributed by atoms with Gasteiger partial charge in [-0.05, 0) is 12.1 Å². The third-order valence-electron chi connectivity index (χ3n) is 1.54. The number of H-pyrrole nitrogens is 1. The molecule has 0 aliphatic carbocycles. The van der Waals surface area contributed by atoms with Gasteiger partial charge in [0.15, 0.2) is 0 Å². The first-order valence-electron chi connectivity index (χ1n) is 3.91. The van der Waals surface area contributed by atoms with E-state index in [1.54, 1.807) is 18.3 Å². The number of rotatable bonds is 4. The van der Waals surface area contributed by atoms with Gasteiger partial charge in [-0.15, -0.1) is 0 Å². The van der Waals surface area contributed by atoms with E-state index >= 15 is 0 Å². The van der Waals surface area contributed by atoms with Crippen LogP contribution in [0.2, 0.25) is 0 Å². The van der Waals surface area contributed by atoms with Gasteiger partial charge in [0.25, 0.3) is 11.7 Å². The lowest BCUT2D eigenvalue weighted by atomic mass is 10.2. The number of nitrogens with one attached hydrogen (secondary N) is 2. The quantitative estimate of drug-likeness (QED) is 0.558. The monoisotopic (exact) mass is 182 g/mol. The summed E-state index contributed by atoms with van der Waals surface area (Å²) in [7, 11) is 0. The smallest absolute Gasteiger partial charge is 0.285 e. The number of primary amides is 1. The fourth-order valence-electron chi connectivity index (χ4n) is 0.969. The molecule has 0 radical (unpaired) electrons. The zero-order chi connectivity index (χ0) is 9.68. The van der Waals surface area contributed by atoms with Crippen LogP contribution in [0.3, 0.4) is 0 Å². The van der Waals surface area contributed by atoms with Crippen molar-refractivity contribution in [1.29, 1.82) is 0 Å². The Hall–Kier alpha value is -1.62. The summed E-state index contributed by atoms with van der Waals surface area (Å²) in [6.45, 7) is 0.377. The summed E-state index contributed by atoms with van der Waals surface area (Å²) in [6.07, 6.45) is 1.67. The highest BCUT2D eigenvalue weighted by Gasteiger charge is 2.12. The maximum atomic E-state index is 10.9. The van der Waals surface area contributed by atoms with Crippen LogP contribution in [0.4, 0.5) is 5.82 Å². The number of hydrogen-bond donors (Lipinski definition) is 3. The van der Waals surface area contributed by atoms with E-state index in [1.807, 2.05) is 0 Å². The molecule has 1 aromatic heterocycles. The Morgan fingerprint density at radius 1 is 1.69 bits per heavy atom. The van der Waals surface area contributed by atoms with Crippen molar-refractivity contribution in [3.05, 3.63) is 23.9 Å². The van der Waals surface area contributed by atoms with Gasteiger partial charge in [0.05, 0.1) is 12.8 Å². The van der Waals surface area contributed by atoms with Crippen LogP contribution < -0.4 is 16.0 Å². The van der Waals surface area contributed by atoms with E-state index in [2.05, 4.69) is 10.3 Å². The minimum Gasteiger partial charge on any atom is -0.392 e. The van der Waals surface area contributed by atoms with E-state index in [0.717, 1.165) is 0 Å². The number of carbonyl (C=O) groups is 1. The predicted octanol–water partition coefficient (Wildman–Crippen LogP) is -0.996. The molecule has 0 bridgehead atoms. The number of pyridine rings is 1. The SMILES string of the molecule is NC(=O)c1ccc[nH+]c1NCCO. The van der Waals surface area contributed by atoms with E-state index in [0.29, 0.717) is 17.9 Å². The summed E-state index contributed by atoms with van der Waals surface area (Å²) >= 11 is 0. The molecule has 1 heterocycles. The first-order valence-corrected chi connectivity index (χ1v) is 3.91. The molecular formula is C8H12N3O2+. The second-order valence-corrected chi connectivity index (χ2v) is 2.47. The molecule has 5 nitrogen and oxygen atoms in total. The largest absolute Gasteiger partial charge is 0.392 e. The lowest BCUT2D eigenvalue weighted by Crippen LogP contribution is -2.22. The molecule has 70 valence electrons. The van der Waals surface area contributed by atoms with Gasteiger partial charge in [0.2, 0.25) is 0 Å². The number of nitrogens with two attached hydrogens (primary N) is 1. The maximum Gasteiger partial charge on any atom is 0.285 e. The molecule has 1 aromatic rings. The molecule has 0 aromatic carbocycles. The zero-order valence-corrected chi connectivity index (χ0v) is 7.08. The van der Waals surface area contributed by atoms with Crippen LogP contribution in [-0.2, 0) is 0 Å². The molecule has 0 aliphatic rings. The lowest BCUT2D eigenvalue weighted by molar-refractivity contribution is -0.361. The molecule has 0 aliphatic heterocycles. The molecule has 0 saturated heterocycles. The number of amides is 1. The molecule has 0 saturated carbocycles. The van der Waals surface area contributed by atoms with Crippen LogP contribution in [0, 0.1) is 0 Å². The Morgan fingerprint density at radius 2 is 2.46 bits per heavy atom. The van der Waals surface area contributed by atoms with Crippen LogP contribution in [-0.4, -0.2) is 24.2 Å². The summed E-state index contributed by atoms with van der Waals surface area (Å²) in [5, 5.41) is 11.4. The maximum absolute atomic E-state index is 10.9. The van der Waals surface area contributed by atoms with Crippen LogP contribution in [0.25, 0.3) is 0 Å². The Bertz CT molecular complexity index is 301. The summed E-state index contributed by atoms with van der Waals surface area (Å²) in [6, 6.07) is 3.29. The Morgan fingerprint density at radius 3 is 3.08 bits per heavy atom. The standard InChI is InChI=1S/C8H11N3O2/c9-7(13)6-2-1-3-10-8(6)11-4-5-12/h1-3,12H,4-5H2,(H2,9,13)(H,10,11)/p+1. The first kappa shape index (κ1) is 9.47. The van der Waals surface area contributed by atoms with Crippen molar-refractivity contribution < 1.29 is 14.9 Å². The molecule has 13 heavy (non-hydrogen) atoms. The van der Waals surface area contributed by atoms with E-state index in [9.17, 15) is 4.79 Å². The van der Waals surface area contributed by atoms with Gasteiger partial charge in [-0.25, -0.2) is 4.98 Å². The molecule has 0 unspecified atom stereocenters. The fraction of sp³-hybridized carbons (Fsp3) is 0.250. The van der Waals surface area contributed by atoms with Gasteiger partial charge in [0, 0.05) is 0 Å². The minimum absolute atomic E-state index is 0.000929. The number of anilines is 1. The molecule has 1 amide bonds. The van der Waals surface area contributed by atoms with Crippen molar-refractivity contribution in [3.63, 3.8) is 0 Å². The molecule has 0 atom stereocenters. The van der Waals surface area contributed by atoms with Crippen LogP contribution >= 0.6 is 0 Å². The summed E-state index contributed by atoms with van der Waals surface area (Å²) in [5.74, 6) is 0.0290. The fourth-order valence-corrected chi connectivity index (χ4v) is 0.969. The number of aliphatic hydroxyl groups is 1. The van der Waals surface area contributed by atoms with Crippen LogP contribution in [0.1, 0.15) is 10.4 Å². The molecule has 0 spiro atoms. The number of aromatic nitrogens is 1. The van der Waals surface area contributed by atoms with E-state index in [4.69, 9.17) is 10.8 Å². The van der Waals surface area contributed by atoms with Gasteiger partial charge in [0.1, 0.15) is 12.1 Å². The minimum atomic E-state index is -0.503. The first-order chi connectivity index (χ1) is 6.25. The van der Waals surface area contributed by atoms with Crippen LogP contribution in [0.15, 0.2) is 18.3 Å². The Balaban J connectivity index is 2.84. The van der Waals surface area contributed by atoms with E-state index in [1.165, 1.54) is 0 Å². The number of aromatic amines is 1. The van der Waals surface area contributed by atoms with Crippen molar-refractivity contribution >= 4 is 11.7 Å². The Labute approximate surface area is 75.6 Å². The molecule has 5 heteroatoms. The van der Waals surface area contributed by atoms with Crippen molar-refractivity contribution in [2.75, 3.05) is 18.5 Å². The van der Waals surface area contributed by atoms with Crippen LogP contribution in [0.5, 0.6) is 0 Å². The third-order valence-corrected chi connectivity index (χ3v) is 1.54. The van der Waals surface area contributed by atoms with Gasteiger partial charge >= 0.3 is 0 Å². The topological polar surface area (TPSA) is 89.5 Å².